The highest BCUT2D eigenvalue weighted by Crippen LogP contribution is 2.39. The highest BCUT2D eigenvalue weighted by molar-refractivity contribution is 5.96. The van der Waals surface area contributed by atoms with Crippen molar-refractivity contribution >= 4 is 11.7 Å². The van der Waals surface area contributed by atoms with Crippen LogP contribution >= 0.6 is 0 Å². The molecule has 8 nitrogen and oxygen atoms in total. The van der Waals surface area contributed by atoms with E-state index in [1.165, 1.54) is 23.5 Å². The summed E-state index contributed by atoms with van der Waals surface area (Å²) in [5.41, 5.74) is 8.89. The van der Waals surface area contributed by atoms with Gasteiger partial charge in [0.05, 0.1) is 7.11 Å². The predicted octanol–water partition coefficient (Wildman–Crippen LogP) is 4.60. The van der Waals surface area contributed by atoms with Crippen molar-refractivity contribution < 1.29 is 14.3 Å². The van der Waals surface area contributed by atoms with E-state index in [0.29, 0.717) is 19.7 Å². The molecule has 39 heavy (non-hydrogen) atoms. The van der Waals surface area contributed by atoms with Gasteiger partial charge >= 0.3 is 0 Å². The van der Waals surface area contributed by atoms with Crippen LogP contribution in [0.3, 0.4) is 0 Å². The topological polar surface area (TPSA) is 93.8 Å². The Balaban J connectivity index is 1.33. The molecular formula is C31H39N5O3. The first kappa shape index (κ1) is 26.9. The Morgan fingerprint density at radius 2 is 1.77 bits per heavy atom. The molecule has 2 aliphatic rings. The van der Waals surface area contributed by atoms with Crippen LogP contribution in [0.2, 0.25) is 0 Å². The third-order valence-corrected chi connectivity index (χ3v) is 8.21. The maximum absolute atomic E-state index is 13.2. The largest absolute Gasteiger partial charge is 0.497 e. The van der Waals surface area contributed by atoms with Crippen LogP contribution in [0.15, 0.2) is 60.9 Å². The smallest absolute Gasteiger partial charge is 0.276 e. The molecule has 0 radical (unpaired) electrons. The summed E-state index contributed by atoms with van der Waals surface area (Å²) in [5, 5.41) is 0. The Labute approximate surface area is 231 Å². The predicted molar refractivity (Wildman–Crippen MR) is 152 cm³/mol. The van der Waals surface area contributed by atoms with Gasteiger partial charge in [-0.3, -0.25) is 9.69 Å². The average Bonchev–Trinajstić information content (AvgIpc) is 2.96. The van der Waals surface area contributed by atoms with Crippen LogP contribution in [-0.2, 0) is 13.0 Å². The van der Waals surface area contributed by atoms with Crippen molar-refractivity contribution in [3.63, 3.8) is 0 Å². The summed E-state index contributed by atoms with van der Waals surface area (Å²) >= 11 is 0. The molecule has 2 aromatic carbocycles. The molecular weight excluding hydrogens is 490 g/mol. The molecule has 2 N–H and O–H groups in total. The molecule has 3 aromatic rings. The number of nitrogens with zero attached hydrogens (tertiary/aromatic N) is 4. The van der Waals surface area contributed by atoms with Crippen LogP contribution in [-0.4, -0.2) is 65.6 Å². The number of methoxy groups -OCH3 is 1. The monoisotopic (exact) mass is 529 g/mol. The summed E-state index contributed by atoms with van der Waals surface area (Å²) < 4.78 is 11.7. The highest BCUT2D eigenvalue weighted by atomic mass is 16.5. The molecule has 5 rings (SSSR count). The number of piperidine rings is 1. The molecule has 0 unspecified atom stereocenters. The van der Waals surface area contributed by atoms with Crippen LogP contribution in [0.4, 0.5) is 5.82 Å². The second kappa shape index (κ2) is 12.5. The van der Waals surface area contributed by atoms with Gasteiger partial charge in [-0.2, -0.15) is 0 Å². The number of hydrogen-bond acceptors (Lipinski definition) is 7. The number of benzene rings is 2. The molecule has 0 atom stereocenters. The lowest BCUT2D eigenvalue weighted by Gasteiger charge is -2.45. The van der Waals surface area contributed by atoms with Crippen LogP contribution in [0.1, 0.15) is 53.7 Å². The Kier molecular flexibility index (Phi) is 8.61. The quantitative estimate of drug-likeness (QED) is 0.528. The summed E-state index contributed by atoms with van der Waals surface area (Å²) in [7, 11) is 1.69. The van der Waals surface area contributed by atoms with Crippen molar-refractivity contribution in [1.82, 2.24) is 19.8 Å². The standard InChI is InChI=1S/C31H39N5O3/c1-38-26-11-9-24(10-12-26)22-35-20-21-39-27-8-3-2-6-25(27)7-4-5-13-31(23-35)14-18-36(19-15-31)30(37)28-29(32)34-17-16-33-28/h2-3,6,8-12,16-17H,4-5,7,13-15,18-23H2,1H3,(H2,32,34). The molecule has 1 spiro atoms. The van der Waals surface area contributed by atoms with Gasteiger partial charge in [0.1, 0.15) is 18.1 Å². The number of anilines is 1. The lowest BCUT2D eigenvalue weighted by atomic mass is 9.73. The average molecular weight is 530 g/mol. The van der Waals surface area contributed by atoms with Gasteiger partial charge in [-0.05, 0) is 66.8 Å². The summed E-state index contributed by atoms with van der Waals surface area (Å²) in [6, 6.07) is 16.8. The number of aryl methyl sites for hydroxylation is 1. The Bertz CT molecular complexity index is 1240. The van der Waals surface area contributed by atoms with Gasteiger partial charge in [0.2, 0.25) is 0 Å². The maximum atomic E-state index is 13.2. The molecule has 206 valence electrons. The number of fused-ring (bicyclic) bond motifs is 1. The fourth-order valence-corrected chi connectivity index (χ4v) is 5.96. The van der Waals surface area contributed by atoms with Crippen molar-refractivity contribution in [3.05, 3.63) is 77.7 Å². The number of likely N-dealkylation sites (tertiary alicyclic amines) is 1. The number of ether oxygens (including phenoxy) is 2. The van der Waals surface area contributed by atoms with Gasteiger partial charge in [-0.15, -0.1) is 0 Å². The van der Waals surface area contributed by atoms with Gasteiger partial charge in [-0.25, -0.2) is 9.97 Å². The van der Waals surface area contributed by atoms with Crippen molar-refractivity contribution in [2.45, 2.75) is 45.1 Å². The van der Waals surface area contributed by atoms with E-state index in [-0.39, 0.29) is 22.8 Å². The SMILES string of the molecule is COc1ccc(CN2CCOc3ccccc3CCCCC3(CCN(C(=O)c4nccnc4N)CC3)C2)cc1. The molecule has 0 aliphatic carbocycles. The van der Waals surface area contributed by atoms with Crippen molar-refractivity contribution in [2.24, 2.45) is 5.41 Å². The number of rotatable bonds is 4. The first-order valence-electron chi connectivity index (χ1n) is 14.0. The van der Waals surface area contributed by atoms with E-state index in [9.17, 15) is 4.79 Å². The minimum absolute atomic E-state index is 0.122. The fraction of sp³-hybridized carbons (Fsp3) is 0.452. The van der Waals surface area contributed by atoms with Crippen molar-refractivity contribution in [3.8, 4) is 11.5 Å². The Morgan fingerprint density at radius 3 is 2.54 bits per heavy atom. The number of nitrogen functional groups attached to an aromatic ring is 1. The zero-order valence-electron chi connectivity index (χ0n) is 22.8. The minimum Gasteiger partial charge on any atom is -0.497 e. The molecule has 1 fully saturated rings. The summed E-state index contributed by atoms with van der Waals surface area (Å²) in [6.07, 6.45) is 9.39. The van der Waals surface area contributed by atoms with E-state index in [2.05, 4.69) is 51.3 Å². The number of aromatic nitrogens is 2. The van der Waals surface area contributed by atoms with Gasteiger partial charge < -0.3 is 20.1 Å². The number of nitrogens with two attached hydrogens (primary N) is 1. The van der Waals surface area contributed by atoms with Crippen molar-refractivity contribution in [2.75, 3.05) is 45.6 Å². The highest BCUT2D eigenvalue weighted by Gasteiger charge is 2.38. The first-order valence-corrected chi connectivity index (χ1v) is 14.0. The maximum Gasteiger partial charge on any atom is 0.276 e. The molecule has 3 heterocycles. The van der Waals surface area contributed by atoms with Gasteiger partial charge in [0.25, 0.3) is 5.91 Å². The van der Waals surface area contributed by atoms with Crippen molar-refractivity contribution in [1.29, 1.82) is 0 Å². The van der Waals surface area contributed by atoms with Gasteiger partial charge in [-0.1, -0.05) is 36.8 Å². The lowest BCUT2D eigenvalue weighted by molar-refractivity contribution is 0.0358. The van der Waals surface area contributed by atoms with E-state index >= 15 is 0 Å². The Morgan fingerprint density at radius 1 is 1.00 bits per heavy atom. The van der Waals surface area contributed by atoms with E-state index in [0.717, 1.165) is 69.7 Å². The molecule has 2 aliphatic heterocycles. The molecule has 1 amide bonds. The van der Waals surface area contributed by atoms with Gasteiger partial charge in [0, 0.05) is 45.1 Å². The van der Waals surface area contributed by atoms with E-state index in [1.54, 1.807) is 7.11 Å². The normalized spacial score (nSPS) is 18.3. The minimum atomic E-state index is -0.122. The first-order chi connectivity index (χ1) is 19.0. The van der Waals surface area contributed by atoms with Crippen LogP contribution in [0.5, 0.6) is 11.5 Å². The van der Waals surface area contributed by atoms with E-state index in [4.69, 9.17) is 15.2 Å². The number of carbonyl (C=O) groups excluding carboxylic acids is 1. The van der Waals surface area contributed by atoms with Gasteiger partial charge in [0.15, 0.2) is 11.5 Å². The van der Waals surface area contributed by atoms with Crippen LogP contribution in [0.25, 0.3) is 0 Å². The third-order valence-electron chi connectivity index (χ3n) is 8.21. The zero-order valence-corrected chi connectivity index (χ0v) is 22.8. The fourth-order valence-electron chi connectivity index (χ4n) is 5.96. The molecule has 1 aromatic heterocycles. The molecule has 0 saturated carbocycles. The molecule has 1 saturated heterocycles. The summed E-state index contributed by atoms with van der Waals surface area (Å²) in [6.45, 7) is 4.69. The molecule has 0 bridgehead atoms. The lowest BCUT2D eigenvalue weighted by Crippen LogP contribution is -2.48. The molecule has 8 heteroatoms. The summed E-state index contributed by atoms with van der Waals surface area (Å²) in [5.74, 6) is 1.94. The second-order valence-corrected chi connectivity index (χ2v) is 10.8. The van der Waals surface area contributed by atoms with E-state index < -0.39 is 0 Å². The van der Waals surface area contributed by atoms with E-state index in [1.807, 2.05) is 17.0 Å². The van der Waals surface area contributed by atoms with Crippen LogP contribution in [0, 0.1) is 5.41 Å². The summed E-state index contributed by atoms with van der Waals surface area (Å²) in [4.78, 5) is 25.9. The number of para-hydroxylation sites is 1. The zero-order chi connectivity index (χ0) is 27.1. The Hall–Kier alpha value is -3.65. The third kappa shape index (κ3) is 6.68. The number of hydrogen-bond donors (Lipinski definition) is 1. The number of amides is 1. The second-order valence-electron chi connectivity index (χ2n) is 10.8. The number of carbonyl (C=O) groups is 1. The van der Waals surface area contributed by atoms with Crippen LogP contribution < -0.4 is 15.2 Å².